The van der Waals surface area contributed by atoms with Crippen molar-refractivity contribution >= 4 is 22.4 Å². The number of carbonyl (C=O) groups is 1. The van der Waals surface area contributed by atoms with Crippen LogP contribution < -0.4 is 10.6 Å². The largest absolute Gasteiger partial charge is 0.357 e. The molecule has 2 aromatic rings. The molecule has 0 saturated heterocycles. The van der Waals surface area contributed by atoms with E-state index in [0.717, 1.165) is 34.9 Å². The van der Waals surface area contributed by atoms with Crippen LogP contribution in [0.3, 0.4) is 0 Å². The molecule has 116 valence electrons. The molecular formula is C17H21N3OS. The Balaban J connectivity index is 1.62. The van der Waals surface area contributed by atoms with E-state index in [2.05, 4.69) is 47.8 Å². The predicted molar refractivity (Wildman–Crippen MR) is 90.2 cm³/mol. The van der Waals surface area contributed by atoms with E-state index in [4.69, 9.17) is 0 Å². The van der Waals surface area contributed by atoms with E-state index in [9.17, 15) is 4.79 Å². The molecule has 0 saturated carbocycles. The summed E-state index contributed by atoms with van der Waals surface area (Å²) in [6, 6.07) is 5.99. The molecule has 5 heteroatoms. The molecule has 22 heavy (non-hydrogen) atoms. The van der Waals surface area contributed by atoms with Crippen molar-refractivity contribution in [3.05, 3.63) is 46.0 Å². The van der Waals surface area contributed by atoms with Crippen LogP contribution in [-0.4, -0.2) is 10.9 Å². The summed E-state index contributed by atoms with van der Waals surface area (Å²) in [5.74, 6) is 0.0289. The first-order valence-electron chi connectivity index (χ1n) is 7.49. The summed E-state index contributed by atoms with van der Waals surface area (Å²) in [7, 11) is 0. The van der Waals surface area contributed by atoms with E-state index in [1.807, 2.05) is 12.1 Å². The molecule has 2 heterocycles. The van der Waals surface area contributed by atoms with Gasteiger partial charge in [-0.25, -0.2) is 4.98 Å². The molecule has 0 bridgehead atoms. The Morgan fingerprint density at radius 1 is 1.36 bits per heavy atom. The summed E-state index contributed by atoms with van der Waals surface area (Å²) in [6.07, 6.45) is 0.984. The molecule has 0 unspecified atom stereocenters. The smallest absolute Gasteiger partial charge is 0.251 e. The van der Waals surface area contributed by atoms with Gasteiger partial charge in [-0.3, -0.25) is 4.79 Å². The van der Waals surface area contributed by atoms with Gasteiger partial charge < -0.3 is 10.6 Å². The maximum absolute atomic E-state index is 11.5. The maximum Gasteiger partial charge on any atom is 0.251 e. The second kappa shape index (κ2) is 5.72. The van der Waals surface area contributed by atoms with Crippen molar-refractivity contribution < 1.29 is 4.79 Å². The number of amides is 1. The highest BCUT2D eigenvalue weighted by Gasteiger charge is 2.18. The van der Waals surface area contributed by atoms with Gasteiger partial charge in [-0.1, -0.05) is 32.9 Å². The van der Waals surface area contributed by atoms with Gasteiger partial charge in [0, 0.05) is 24.0 Å². The first-order valence-corrected chi connectivity index (χ1v) is 8.37. The quantitative estimate of drug-likeness (QED) is 0.906. The molecule has 0 spiro atoms. The van der Waals surface area contributed by atoms with Crippen LogP contribution >= 0.6 is 11.3 Å². The van der Waals surface area contributed by atoms with Crippen molar-refractivity contribution in [3.63, 3.8) is 0 Å². The van der Waals surface area contributed by atoms with Crippen LogP contribution in [0.15, 0.2) is 23.6 Å². The second-order valence-electron chi connectivity index (χ2n) is 6.91. The van der Waals surface area contributed by atoms with Gasteiger partial charge in [0.2, 0.25) is 0 Å². The number of nitrogens with zero attached hydrogens (tertiary/aromatic N) is 1. The zero-order chi connectivity index (χ0) is 15.7. The van der Waals surface area contributed by atoms with E-state index < -0.39 is 0 Å². The van der Waals surface area contributed by atoms with E-state index in [-0.39, 0.29) is 11.3 Å². The van der Waals surface area contributed by atoms with Crippen LogP contribution in [-0.2, 0) is 19.5 Å². The van der Waals surface area contributed by atoms with Crippen molar-refractivity contribution in [3.8, 4) is 0 Å². The fourth-order valence-corrected chi connectivity index (χ4v) is 3.30. The van der Waals surface area contributed by atoms with Crippen molar-refractivity contribution in [2.45, 2.75) is 40.3 Å². The number of carbonyl (C=O) groups excluding carboxylic acids is 1. The van der Waals surface area contributed by atoms with Crippen LogP contribution in [0.5, 0.6) is 0 Å². The first-order chi connectivity index (χ1) is 10.4. The first kappa shape index (κ1) is 15.0. The number of hydrogen-bond acceptors (Lipinski definition) is 4. The van der Waals surface area contributed by atoms with Gasteiger partial charge in [0.1, 0.15) is 0 Å². The van der Waals surface area contributed by atoms with E-state index in [1.54, 1.807) is 11.3 Å². The molecule has 1 aromatic carbocycles. The number of hydrogen-bond donors (Lipinski definition) is 2. The van der Waals surface area contributed by atoms with Gasteiger partial charge in [-0.15, -0.1) is 11.3 Å². The van der Waals surface area contributed by atoms with Crippen molar-refractivity contribution in [1.82, 2.24) is 10.3 Å². The zero-order valence-corrected chi connectivity index (χ0v) is 14.0. The normalized spacial score (nSPS) is 13.9. The number of nitrogens with one attached hydrogen (secondary N) is 2. The average Bonchev–Trinajstić information content (AvgIpc) is 3.02. The molecule has 0 radical (unpaired) electrons. The summed E-state index contributed by atoms with van der Waals surface area (Å²) in [4.78, 5) is 16.2. The fourth-order valence-electron chi connectivity index (χ4n) is 2.59. The highest BCUT2D eigenvalue weighted by Crippen LogP contribution is 2.24. The Morgan fingerprint density at radius 3 is 2.95 bits per heavy atom. The molecule has 0 aliphatic carbocycles. The molecule has 1 aliphatic heterocycles. The third kappa shape index (κ3) is 3.47. The third-order valence-electron chi connectivity index (χ3n) is 3.56. The molecule has 0 atom stereocenters. The number of rotatable bonds is 4. The maximum atomic E-state index is 11.5. The Labute approximate surface area is 135 Å². The van der Waals surface area contributed by atoms with Crippen LogP contribution in [0.1, 0.15) is 48.0 Å². The molecular weight excluding hydrogens is 294 g/mol. The number of benzene rings is 1. The van der Waals surface area contributed by atoms with Gasteiger partial charge in [0.15, 0.2) is 5.13 Å². The van der Waals surface area contributed by atoms with Crippen LogP contribution in [0.4, 0.5) is 5.13 Å². The zero-order valence-electron chi connectivity index (χ0n) is 13.2. The topological polar surface area (TPSA) is 54.0 Å². The standard InChI is InChI=1S/C17H21N3OS/c1-17(2,3)7-13-10-22-16(20-13)19-8-11-4-5-14-12(6-11)9-18-15(14)21/h4-6,10H,7-9H2,1-3H3,(H,18,21)(H,19,20). The summed E-state index contributed by atoms with van der Waals surface area (Å²) >= 11 is 1.65. The number of aromatic nitrogens is 1. The van der Waals surface area contributed by atoms with Crippen LogP contribution in [0.2, 0.25) is 0 Å². The van der Waals surface area contributed by atoms with Gasteiger partial charge in [-0.05, 0) is 29.0 Å². The number of fused-ring (bicyclic) bond motifs is 1. The Morgan fingerprint density at radius 2 is 2.18 bits per heavy atom. The number of anilines is 1. The van der Waals surface area contributed by atoms with Gasteiger partial charge in [-0.2, -0.15) is 0 Å². The summed E-state index contributed by atoms with van der Waals surface area (Å²) in [6.45, 7) is 8.02. The van der Waals surface area contributed by atoms with Gasteiger partial charge in [0.05, 0.1) is 5.69 Å². The molecule has 2 N–H and O–H groups in total. The fraction of sp³-hybridized carbons (Fsp3) is 0.412. The summed E-state index contributed by atoms with van der Waals surface area (Å²) in [5.41, 5.74) is 4.44. The molecule has 1 amide bonds. The highest BCUT2D eigenvalue weighted by atomic mass is 32.1. The summed E-state index contributed by atoms with van der Waals surface area (Å²) in [5, 5.41) is 9.29. The third-order valence-corrected chi connectivity index (χ3v) is 4.41. The van der Waals surface area contributed by atoms with Crippen molar-refractivity contribution in [1.29, 1.82) is 0 Å². The van der Waals surface area contributed by atoms with E-state index >= 15 is 0 Å². The van der Waals surface area contributed by atoms with Crippen molar-refractivity contribution in [2.75, 3.05) is 5.32 Å². The van der Waals surface area contributed by atoms with Crippen molar-refractivity contribution in [2.24, 2.45) is 5.41 Å². The summed E-state index contributed by atoms with van der Waals surface area (Å²) < 4.78 is 0. The van der Waals surface area contributed by atoms with Gasteiger partial charge in [0.25, 0.3) is 5.91 Å². The highest BCUT2D eigenvalue weighted by molar-refractivity contribution is 7.13. The van der Waals surface area contributed by atoms with E-state index in [0.29, 0.717) is 6.54 Å². The minimum absolute atomic E-state index is 0.0289. The Kier molecular flexibility index (Phi) is 3.91. The minimum Gasteiger partial charge on any atom is -0.357 e. The Bertz CT molecular complexity index is 700. The monoisotopic (exact) mass is 315 g/mol. The molecule has 4 nitrogen and oxygen atoms in total. The van der Waals surface area contributed by atoms with E-state index in [1.165, 1.54) is 5.56 Å². The minimum atomic E-state index is 0.0289. The average molecular weight is 315 g/mol. The lowest BCUT2D eigenvalue weighted by atomic mass is 9.91. The Hall–Kier alpha value is -1.88. The predicted octanol–water partition coefficient (Wildman–Crippen LogP) is 3.59. The number of thiazole rings is 1. The molecule has 0 fully saturated rings. The molecule has 3 rings (SSSR count). The molecule has 1 aromatic heterocycles. The van der Waals surface area contributed by atoms with Crippen LogP contribution in [0, 0.1) is 5.41 Å². The lowest BCUT2D eigenvalue weighted by molar-refractivity contribution is 0.0966. The lowest BCUT2D eigenvalue weighted by Crippen LogP contribution is -2.12. The van der Waals surface area contributed by atoms with Gasteiger partial charge >= 0.3 is 0 Å². The van der Waals surface area contributed by atoms with Crippen LogP contribution in [0.25, 0.3) is 0 Å². The molecule has 1 aliphatic rings. The second-order valence-corrected chi connectivity index (χ2v) is 7.77. The SMILES string of the molecule is CC(C)(C)Cc1csc(NCc2ccc3c(c2)CNC3=O)n1. The lowest BCUT2D eigenvalue weighted by Gasteiger charge is -2.15.